The van der Waals surface area contributed by atoms with Crippen LogP contribution in [0.1, 0.15) is 15.9 Å². The molecular formula is C17H17F2NO2S. The van der Waals surface area contributed by atoms with Crippen LogP contribution in [-0.2, 0) is 6.54 Å². The molecule has 0 aliphatic rings. The number of alkyl halides is 2. The van der Waals surface area contributed by atoms with E-state index in [1.165, 1.54) is 29.2 Å². The molecule has 2 aromatic rings. The van der Waals surface area contributed by atoms with Crippen LogP contribution in [0.15, 0.2) is 59.5 Å². The van der Waals surface area contributed by atoms with Gasteiger partial charge in [0.25, 0.3) is 11.7 Å². The van der Waals surface area contributed by atoms with Gasteiger partial charge in [-0.15, -0.1) is 0 Å². The van der Waals surface area contributed by atoms with Crippen molar-refractivity contribution in [1.82, 2.24) is 4.90 Å². The van der Waals surface area contributed by atoms with Crippen molar-refractivity contribution in [3.63, 3.8) is 0 Å². The molecule has 0 bridgehead atoms. The largest absolute Gasteiger partial charge is 0.395 e. The molecule has 0 aliphatic carbocycles. The maximum absolute atomic E-state index is 12.5. The van der Waals surface area contributed by atoms with Gasteiger partial charge >= 0.3 is 0 Å². The van der Waals surface area contributed by atoms with Crippen molar-refractivity contribution in [1.29, 1.82) is 0 Å². The summed E-state index contributed by atoms with van der Waals surface area (Å²) >= 11 is 0.442. The molecule has 0 spiro atoms. The quantitative estimate of drug-likeness (QED) is 0.784. The minimum Gasteiger partial charge on any atom is -0.395 e. The number of carbonyl (C=O) groups excluding carboxylic acids is 1. The first kappa shape index (κ1) is 17.4. The maximum atomic E-state index is 12.5. The molecule has 0 saturated carbocycles. The van der Waals surface area contributed by atoms with Gasteiger partial charge in [-0.25, -0.2) is 0 Å². The summed E-state index contributed by atoms with van der Waals surface area (Å²) in [6.07, 6.45) is 0. The molecule has 0 fully saturated rings. The summed E-state index contributed by atoms with van der Waals surface area (Å²) in [6, 6.07) is 15.5. The zero-order valence-corrected chi connectivity index (χ0v) is 13.2. The number of carbonyl (C=O) groups is 1. The first-order chi connectivity index (χ1) is 11.1. The molecule has 2 aromatic carbocycles. The second-order valence-electron chi connectivity index (χ2n) is 4.84. The zero-order valence-electron chi connectivity index (χ0n) is 12.4. The van der Waals surface area contributed by atoms with Crippen LogP contribution in [0.5, 0.6) is 0 Å². The van der Waals surface area contributed by atoms with E-state index in [-0.39, 0.29) is 19.1 Å². The summed E-state index contributed by atoms with van der Waals surface area (Å²) in [5, 5.41) is 9.17. The lowest BCUT2D eigenvalue weighted by molar-refractivity contribution is 0.0708. The summed E-state index contributed by atoms with van der Waals surface area (Å²) in [5.41, 5.74) is 1.37. The highest BCUT2D eigenvalue weighted by Gasteiger charge is 2.16. The standard InChI is InChI=1S/C17H17F2NO2S/c18-17(19)23-15-8-6-14(7-9-15)16(22)20(10-11-21)12-13-4-2-1-3-5-13/h1-9,17,21H,10-12H2. The van der Waals surface area contributed by atoms with Crippen LogP contribution in [0.4, 0.5) is 8.78 Å². The van der Waals surface area contributed by atoms with Crippen molar-refractivity contribution in [3.8, 4) is 0 Å². The molecule has 3 nitrogen and oxygen atoms in total. The van der Waals surface area contributed by atoms with E-state index >= 15 is 0 Å². The van der Waals surface area contributed by atoms with E-state index < -0.39 is 5.76 Å². The third kappa shape index (κ3) is 5.33. The summed E-state index contributed by atoms with van der Waals surface area (Å²) in [7, 11) is 0. The van der Waals surface area contributed by atoms with Gasteiger partial charge in [0.15, 0.2) is 0 Å². The summed E-state index contributed by atoms with van der Waals surface area (Å²) < 4.78 is 24.6. The lowest BCUT2D eigenvalue weighted by Gasteiger charge is -2.22. The van der Waals surface area contributed by atoms with Crippen molar-refractivity contribution < 1.29 is 18.7 Å². The first-order valence-electron chi connectivity index (χ1n) is 7.09. The molecular weight excluding hydrogens is 320 g/mol. The number of hydrogen-bond acceptors (Lipinski definition) is 3. The Kier molecular flexibility index (Phi) is 6.55. The average molecular weight is 337 g/mol. The summed E-state index contributed by atoms with van der Waals surface area (Å²) in [6.45, 7) is 0.451. The van der Waals surface area contributed by atoms with E-state index in [1.54, 1.807) is 0 Å². The molecule has 1 N–H and O–H groups in total. The van der Waals surface area contributed by atoms with Crippen molar-refractivity contribution >= 4 is 17.7 Å². The van der Waals surface area contributed by atoms with Crippen molar-refractivity contribution in [2.45, 2.75) is 17.2 Å². The fourth-order valence-corrected chi connectivity index (χ4v) is 2.64. The number of hydrogen-bond donors (Lipinski definition) is 1. The monoisotopic (exact) mass is 337 g/mol. The number of thioether (sulfide) groups is 1. The lowest BCUT2D eigenvalue weighted by Crippen LogP contribution is -2.33. The van der Waals surface area contributed by atoms with E-state index in [9.17, 15) is 18.7 Å². The number of aliphatic hydroxyl groups is 1. The third-order valence-corrected chi connectivity index (χ3v) is 3.92. The number of rotatable bonds is 7. The molecule has 0 radical (unpaired) electrons. The van der Waals surface area contributed by atoms with Crippen LogP contribution >= 0.6 is 11.8 Å². The second kappa shape index (κ2) is 8.64. The van der Waals surface area contributed by atoms with Crippen molar-refractivity contribution in [3.05, 3.63) is 65.7 Å². The van der Waals surface area contributed by atoms with Crippen LogP contribution in [0, 0.1) is 0 Å². The SMILES string of the molecule is O=C(c1ccc(SC(F)F)cc1)N(CCO)Cc1ccccc1. The van der Waals surface area contributed by atoms with E-state index in [2.05, 4.69) is 0 Å². The van der Waals surface area contributed by atoms with Crippen LogP contribution in [0.2, 0.25) is 0 Å². The number of nitrogens with zero attached hydrogens (tertiary/aromatic N) is 1. The molecule has 0 aromatic heterocycles. The number of halogens is 2. The van der Waals surface area contributed by atoms with Gasteiger partial charge in [-0.2, -0.15) is 8.78 Å². The number of amides is 1. The molecule has 0 saturated heterocycles. The fraction of sp³-hybridized carbons (Fsp3) is 0.235. The van der Waals surface area contributed by atoms with Crippen LogP contribution < -0.4 is 0 Å². The molecule has 0 atom stereocenters. The molecule has 122 valence electrons. The Morgan fingerprint density at radius 1 is 1.09 bits per heavy atom. The van der Waals surface area contributed by atoms with Gasteiger partial charge in [0, 0.05) is 23.5 Å². The van der Waals surface area contributed by atoms with Gasteiger partial charge in [0.1, 0.15) is 0 Å². The third-order valence-electron chi connectivity index (χ3n) is 3.20. The highest BCUT2D eigenvalue weighted by atomic mass is 32.2. The van der Waals surface area contributed by atoms with Crippen molar-refractivity contribution in [2.75, 3.05) is 13.2 Å². The Bertz CT molecular complexity index is 620. The normalized spacial score (nSPS) is 10.8. The molecule has 6 heteroatoms. The van der Waals surface area contributed by atoms with Crippen LogP contribution in [-0.4, -0.2) is 34.8 Å². The zero-order chi connectivity index (χ0) is 16.7. The highest BCUT2D eigenvalue weighted by Crippen LogP contribution is 2.25. The minimum absolute atomic E-state index is 0.141. The van der Waals surface area contributed by atoms with E-state index in [4.69, 9.17) is 0 Å². The highest BCUT2D eigenvalue weighted by molar-refractivity contribution is 7.99. The van der Waals surface area contributed by atoms with Crippen LogP contribution in [0.25, 0.3) is 0 Å². The Labute approximate surface area is 137 Å². The van der Waals surface area contributed by atoms with Gasteiger partial charge in [0.05, 0.1) is 6.61 Å². The second-order valence-corrected chi connectivity index (χ2v) is 5.90. The Hall–Kier alpha value is -1.92. The lowest BCUT2D eigenvalue weighted by atomic mass is 10.1. The van der Waals surface area contributed by atoms with Gasteiger partial charge in [-0.05, 0) is 29.8 Å². The Morgan fingerprint density at radius 3 is 2.30 bits per heavy atom. The van der Waals surface area contributed by atoms with Crippen molar-refractivity contribution in [2.24, 2.45) is 0 Å². The van der Waals surface area contributed by atoms with E-state index in [0.29, 0.717) is 28.8 Å². The van der Waals surface area contributed by atoms with Gasteiger partial charge in [-0.3, -0.25) is 4.79 Å². The summed E-state index contributed by atoms with van der Waals surface area (Å²) in [4.78, 5) is 14.5. The Morgan fingerprint density at radius 2 is 1.74 bits per heavy atom. The average Bonchev–Trinajstić information content (AvgIpc) is 2.55. The minimum atomic E-state index is -2.49. The number of benzene rings is 2. The first-order valence-corrected chi connectivity index (χ1v) is 7.97. The van der Waals surface area contributed by atoms with Gasteiger partial charge in [-0.1, -0.05) is 42.1 Å². The molecule has 23 heavy (non-hydrogen) atoms. The van der Waals surface area contributed by atoms with Gasteiger partial charge in [0.2, 0.25) is 0 Å². The molecule has 2 rings (SSSR count). The molecule has 1 amide bonds. The summed E-state index contributed by atoms with van der Waals surface area (Å²) in [5.74, 6) is -2.72. The molecule has 0 unspecified atom stereocenters. The van der Waals surface area contributed by atoms with Crippen LogP contribution in [0.3, 0.4) is 0 Å². The fourth-order valence-electron chi connectivity index (χ4n) is 2.14. The van der Waals surface area contributed by atoms with Gasteiger partial charge < -0.3 is 10.0 Å². The van der Waals surface area contributed by atoms with E-state index in [0.717, 1.165) is 5.56 Å². The maximum Gasteiger partial charge on any atom is 0.288 e. The molecule has 0 heterocycles. The predicted octanol–water partition coefficient (Wildman–Crippen LogP) is 3.64. The van der Waals surface area contributed by atoms with E-state index in [1.807, 2.05) is 30.3 Å². The molecule has 0 aliphatic heterocycles. The number of aliphatic hydroxyl groups excluding tert-OH is 1. The topological polar surface area (TPSA) is 40.5 Å². The Balaban J connectivity index is 2.10. The predicted molar refractivity (Wildman–Crippen MR) is 86.6 cm³/mol. The smallest absolute Gasteiger partial charge is 0.288 e.